The van der Waals surface area contributed by atoms with Gasteiger partial charge in [0.1, 0.15) is 5.52 Å². The van der Waals surface area contributed by atoms with Gasteiger partial charge in [-0.05, 0) is 49.4 Å². The summed E-state index contributed by atoms with van der Waals surface area (Å²) in [6, 6.07) is 12.6. The van der Waals surface area contributed by atoms with Gasteiger partial charge in [-0.25, -0.2) is 4.98 Å². The van der Waals surface area contributed by atoms with Gasteiger partial charge >= 0.3 is 5.97 Å². The molecule has 0 saturated carbocycles. The van der Waals surface area contributed by atoms with E-state index in [0.717, 1.165) is 11.3 Å². The Hall–Kier alpha value is -2.86. The Morgan fingerprint density at radius 2 is 2.07 bits per heavy atom. The molecule has 1 fully saturated rings. The Morgan fingerprint density at radius 3 is 2.81 bits per heavy atom. The zero-order valence-electron chi connectivity index (χ0n) is 14.6. The van der Waals surface area contributed by atoms with Crippen molar-refractivity contribution < 1.29 is 18.7 Å². The fraction of sp³-hybridized carbons (Fsp3) is 0.250. The number of nitrogens with zero attached hydrogens (tertiary/aromatic N) is 2. The van der Waals surface area contributed by atoms with Crippen molar-refractivity contribution in [2.75, 3.05) is 18.1 Å². The molecule has 0 radical (unpaired) electrons. The van der Waals surface area contributed by atoms with Gasteiger partial charge in [-0.3, -0.25) is 9.59 Å². The number of hydrogen-bond donors (Lipinski definition) is 0. The monoisotopic (exact) mass is 384 g/mol. The summed E-state index contributed by atoms with van der Waals surface area (Å²) in [6.07, 6.45) is 0.173. The molecule has 0 spiro atoms. The highest BCUT2D eigenvalue weighted by molar-refractivity contribution is 6.31. The summed E-state index contributed by atoms with van der Waals surface area (Å²) in [4.78, 5) is 30.2. The molecule has 0 aliphatic carbocycles. The van der Waals surface area contributed by atoms with E-state index in [2.05, 4.69) is 4.98 Å². The quantitative estimate of drug-likeness (QED) is 0.634. The molecular weight excluding hydrogens is 368 g/mol. The van der Waals surface area contributed by atoms with Gasteiger partial charge in [-0.2, -0.15) is 0 Å². The second-order valence-electron chi connectivity index (χ2n) is 6.34. The standard InChI is InChI=1S/C20H17ClN2O4/c1-2-26-20(25)13-9-18(24)23(11-13)15-6-3-12(4-7-15)19-22-16-10-14(21)5-8-17(16)27-19/h3-8,10,13H,2,9,11H2,1H3. The molecule has 1 aliphatic heterocycles. The van der Waals surface area contributed by atoms with Gasteiger partial charge in [0.05, 0.1) is 12.5 Å². The van der Waals surface area contributed by atoms with Crippen molar-refractivity contribution in [3.8, 4) is 11.5 Å². The number of rotatable bonds is 4. The molecular formula is C20H17ClN2O4. The average Bonchev–Trinajstić information content (AvgIpc) is 3.25. The lowest BCUT2D eigenvalue weighted by Gasteiger charge is -2.16. The van der Waals surface area contributed by atoms with Gasteiger partial charge in [0.2, 0.25) is 11.8 Å². The molecule has 2 heterocycles. The van der Waals surface area contributed by atoms with Crippen molar-refractivity contribution in [1.82, 2.24) is 4.98 Å². The first-order chi connectivity index (χ1) is 13.0. The van der Waals surface area contributed by atoms with Crippen LogP contribution in [0.25, 0.3) is 22.6 Å². The Balaban J connectivity index is 1.55. The molecule has 27 heavy (non-hydrogen) atoms. The molecule has 0 N–H and O–H groups in total. The number of amides is 1. The third-order valence-corrected chi connectivity index (χ3v) is 4.76. The number of carbonyl (C=O) groups excluding carboxylic acids is 2. The Morgan fingerprint density at radius 1 is 1.30 bits per heavy atom. The van der Waals surface area contributed by atoms with Gasteiger partial charge in [0, 0.05) is 29.2 Å². The van der Waals surface area contributed by atoms with Crippen molar-refractivity contribution in [3.05, 3.63) is 47.5 Å². The number of hydrogen-bond acceptors (Lipinski definition) is 5. The van der Waals surface area contributed by atoms with Crippen LogP contribution in [0.5, 0.6) is 0 Å². The topological polar surface area (TPSA) is 72.6 Å². The molecule has 1 unspecified atom stereocenters. The maximum Gasteiger partial charge on any atom is 0.311 e. The molecule has 2 aromatic carbocycles. The maximum absolute atomic E-state index is 12.3. The molecule has 0 bridgehead atoms. The fourth-order valence-electron chi connectivity index (χ4n) is 3.18. The summed E-state index contributed by atoms with van der Waals surface area (Å²) in [5.41, 5.74) is 2.87. The number of carbonyl (C=O) groups is 2. The summed E-state index contributed by atoms with van der Waals surface area (Å²) < 4.78 is 10.8. The van der Waals surface area contributed by atoms with Crippen LogP contribution in [-0.4, -0.2) is 30.0 Å². The van der Waals surface area contributed by atoms with Gasteiger partial charge in [-0.1, -0.05) is 11.6 Å². The SMILES string of the molecule is CCOC(=O)C1CC(=O)N(c2ccc(-c3nc4cc(Cl)ccc4o3)cc2)C1. The number of anilines is 1. The minimum absolute atomic E-state index is 0.0858. The molecule has 138 valence electrons. The lowest BCUT2D eigenvalue weighted by atomic mass is 10.1. The van der Waals surface area contributed by atoms with Crippen molar-refractivity contribution in [2.24, 2.45) is 5.92 Å². The van der Waals surface area contributed by atoms with Crippen LogP contribution in [0.15, 0.2) is 46.9 Å². The number of oxazole rings is 1. The Bertz CT molecular complexity index is 1010. The third kappa shape index (κ3) is 3.40. The van der Waals surface area contributed by atoms with Crippen LogP contribution in [0.4, 0.5) is 5.69 Å². The smallest absolute Gasteiger partial charge is 0.311 e. The zero-order valence-corrected chi connectivity index (χ0v) is 15.4. The van der Waals surface area contributed by atoms with Crippen LogP contribution < -0.4 is 4.90 Å². The van der Waals surface area contributed by atoms with Crippen molar-refractivity contribution in [3.63, 3.8) is 0 Å². The number of halogens is 1. The van der Waals surface area contributed by atoms with Crippen LogP contribution >= 0.6 is 11.6 Å². The van der Waals surface area contributed by atoms with E-state index >= 15 is 0 Å². The van der Waals surface area contributed by atoms with E-state index < -0.39 is 5.92 Å². The van der Waals surface area contributed by atoms with Gasteiger partial charge < -0.3 is 14.1 Å². The van der Waals surface area contributed by atoms with E-state index in [0.29, 0.717) is 35.2 Å². The molecule has 1 saturated heterocycles. The van der Waals surface area contributed by atoms with Crippen LogP contribution in [-0.2, 0) is 14.3 Å². The van der Waals surface area contributed by atoms with E-state index in [9.17, 15) is 9.59 Å². The summed E-state index contributed by atoms with van der Waals surface area (Å²) in [5, 5.41) is 0.599. The third-order valence-electron chi connectivity index (χ3n) is 4.52. The molecule has 1 aromatic heterocycles. The highest BCUT2D eigenvalue weighted by Gasteiger charge is 2.36. The van der Waals surface area contributed by atoms with Crippen molar-refractivity contribution in [2.45, 2.75) is 13.3 Å². The van der Waals surface area contributed by atoms with Gasteiger partial charge in [0.15, 0.2) is 5.58 Å². The predicted molar refractivity (Wildman–Crippen MR) is 102 cm³/mol. The van der Waals surface area contributed by atoms with E-state index in [-0.39, 0.29) is 18.3 Å². The minimum Gasteiger partial charge on any atom is -0.466 e. The molecule has 1 atom stereocenters. The lowest BCUT2D eigenvalue weighted by molar-refractivity contribution is -0.147. The number of fused-ring (bicyclic) bond motifs is 1. The number of aromatic nitrogens is 1. The van der Waals surface area contributed by atoms with Crippen molar-refractivity contribution >= 4 is 40.3 Å². The minimum atomic E-state index is -0.418. The van der Waals surface area contributed by atoms with Gasteiger partial charge in [-0.15, -0.1) is 0 Å². The number of esters is 1. The number of benzene rings is 2. The second kappa shape index (κ2) is 7.04. The molecule has 1 amide bonds. The molecule has 4 rings (SSSR count). The first-order valence-electron chi connectivity index (χ1n) is 8.68. The van der Waals surface area contributed by atoms with Crippen LogP contribution in [0, 0.1) is 5.92 Å². The molecule has 7 heteroatoms. The maximum atomic E-state index is 12.3. The zero-order chi connectivity index (χ0) is 19.0. The summed E-state index contributed by atoms with van der Waals surface area (Å²) in [7, 11) is 0. The van der Waals surface area contributed by atoms with E-state index in [4.69, 9.17) is 20.8 Å². The van der Waals surface area contributed by atoms with E-state index in [1.54, 1.807) is 30.0 Å². The average molecular weight is 385 g/mol. The highest BCUT2D eigenvalue weighted by atomic mass is 35.5. The highest BCUT2D eigenvalue weighted by Crippen LogP contribution is 2.30. The van der Waals surface area contributed by atoms with Crippen LogP contribution in [0.1, 0.15) is 13.3 Å². The van der Waals surface area contributed by atoms with E-state index in [1.807, 2.05) is 24.3 Å². The van der Waals surface area contributed by atoms with Gasteiger partial charge in [0.25, 0.3) is 0 Å². The normalized spacial score (nSPS) is 16.9. The Labute approximate surface area is 160 Å². The second-order valence-corrected chi connectivity index (χ2v) is 6.77. The number of ether oxygens (including phenoxy) is 1. The van der Waals surface area contributed by atoms with Crippen LogP contribution in [0.3, 0.4) is 0 Å². The molecule has 6 nitrogen and oxygen atoms in total. The Kier molecular flexibility index (Phi) is 4.58. The first-order valence-corrected chi connectivity index (χ1v) is 9.06. The lowest BCUT2D eigenvalue weighted by Crippen LogP contribution is -2.26. The summed E-state index contributed by atoms with van der Waals surface area (Å²) in [5.74, 6) is -0.345. The summed E-state index contributed by atoms with van der Waals surface area (Å²) >= 11 is 5.98. The first kappa shape index (κ1) is 17.5. The molecule has 1 aliphatic rings. The van der Waals surface area contributed by atoms with Crippen LogP contribution in [0.2, 0.25) is 5.02 Å². The summed E-state index contributed by atoms with van der Waals surface area (Å²) in [6.45, 7) is 2.40. The van der Waals surface area contributed by atoms with Crippen molar-refractivity contribution in [1.29, 1.82) is 0 Å². The van der Waals surface area contributed by atoms with E-state index in [1.165, 1.54) is 0 Å². The largest absolute Gasteiger partial charge is 0.466 e. The molecule has 3 aromatic rings. The predicted octanol–water partition coefficient (Wildman–Crippen LogP) is 4.06. The fourth-order valence-corrected chi connectivity index (χ4v) is 3.35.